The van der Waals surface area contributed by atoms with Crippen LogP contribution in [0.4, 0.5) is 0 Å². The Hall–Kier alpha value is -0.0400. The predicted octanol–water partition coefficient (Wildman–Crippen LogP) is 2.80. The van der Waals surface area contributed by atoms with Crippen LogP contribution >= 0.6 is 0 Å². The summed E-state index contributed by atoms with van der Waals surface area (Å²) in [4.78, 5) is 0. The lowest BCUT2D eigenvalue weighted by atomic mass is 9.54. The van der Waals surface area contributed by atoms with E-state index in [1.807, 2.05) is 0 Å². The van der Waals surface area contributed by atoms with E-state index in [-0.39, 0.29) is 0 Å². The van der Waals surface area contributed by atoms with Crippen molar-refractivity contribution < 1.29 is 0 Å². The summed E-state index contributed by atoms with van der Waals surface area (Å²) in [6.45, 7) is 10.3. The first-order chi connectivity index (χ1) is 5.44. The number of nitrogens with two attached hydrogens (primary N) is 1. The van der Waals surface area contributed by atoms with Crippen molar-refractivity contribution in [1.82, 2.24) is 0 Å². The Morgan fingerprint density at radius 3 is 2.33 bits per heavy atom. The lowest BCUT2D eigenvalue weighted by Gasteiger charge is -2.51. The molecule has 0 aliphatic heterocycles. The molecule has 0 aromatic heterocycles. The van der Waals surface area contributed by atoms with Crippen molar-refractivity contribution in [3.63, 3.8) is 0 Å². The zero-order chi connectivity index (χ0) is 9.41. The average molecular weight is 169 g/mol. The lowest BCUT2D eigenvalue weighted by molar-refractivity contribution is -0.00821. The van der Waals surface area contributed by atoms with Crippen molar-refractivity contribution in [2.24, 2.45) is 22.5 Å². The van der Waals surface area contributed by atoms with Crippen LogP contribution in [0.1, 0.15) is 47.0 Å². The van der Waals surface area contributed by atoms with Gasteiger partial charge in [0.05, 0.1) is 0 Å². The maximum absolute atomic E-state index is 5.88. The highest BCUT2D eigenvalue weighted by Crippen LogP contribution is 2.52. The van der Waals surface area contributed by atoms with E-state index in [1.54, 1.807) is 0 Å². The molecule has 1 fully saturated rings. The van der Waals surface area contributed by atoms with Gasteiger partial charge in [0.2, 0.25) is 0 Å². The van der Waals surface area contributed by atoms with Gasteiger partial charge in [-0.2, -0.15) is 0 Å². The predicted molar refractivity (Wildman–Crippen MR) is 54.0 cm³/mol. The molecule has 1 heteroatoms. The molecule has 0 radical (unpaired) electrons. The van der Waals surface area contributed by atoms with Gasteiger partial charge in [-0.15, -0.1) is 0 Å². The molecule has 2 N–H and O–H groups in total. The third-order valence-corrected chi connectivity index (χ3v) is 4.60. The average Bonchev–Trinajstić information content (AvgIpc) is 2.01. The minimum Gasteiger partial charge on any atom is -0.330 e. The molecule has 1 rings (SSSR count). The molecule has 72 valence electrons. The van der Waals surface area contributed by atoms with Crippen molar-refractivity contribution in [3.05, 3.63) is 0 Å². The van der Waals surface area contributed by atoms with Crippen LogP contribution in [0, 0.1) is 16.7 Å². The zero-order valence-corrected chi connectivity index (χ0v) is 8.98. The van der Waals surface area contributed by atoms with Gasteiger partial charge in [-0.25, -0.2) is 0 Å². The summed E-state index contributed by atoms with van der Waals surface area (Å²) in [5.74, 6) is 0.819. The summed E-state index contributed by atoms with van der Waals surface area (Å²) in [7, 11) is 0. The van der Waals surface area contributed by atoms with Gasteiger partial charge in [0.15, 0.2) is 0 Å². The van der Waals surface area contributed by atoms with Gasteiger partial charge < -0.3 is 5.73 Å². The fraction of sp³-hybridized carbons (Fsp3) is 1.00. The van der Waals surface area contributed by atoms with E-state index in [2.05, 4.69) is 27.7 Å². The maximum Gasteiger partial charge on any atom is -0.00180 e. The van der Waals surface area contributed by atoms with Crippen molar-refractivity contribution in [2.75, 3.05) is 6.54 Å². The first kappa shape index (κ1) is 10.0. The Balaban J connectivity index is 2.86. The Morgan fingerprint density at radius 2 is 1.92 bits per heavy atom. The third-order valence-electron chi connectivity index (χ3n) is 4.60. The minimum atomic E-state index is 0.366. The SMILES string of the molecule is CC1CCCC(C)(CN)C1(C)C. The second-order valence-corrected chi connectivity index (χ2v) is 5.28. The van der Waals surface area contributed by atoms with Gasteiger partial charge in [0.25, 0.3) is 0 Å². The highest BCUT2D eigenvalue weighted by atomic mass is 14.6. The molecule has 0 heterocycles. The van der Waals surface area contributed by atoms with E-state index >= 15 is 0 Å². The van der Waals surface area contributed by atoms with E-state index in [0.29, 0.717) is 10.8 Å². The Labute approximate surface area is 76.7 Å². The van der Waals surface area contributed by atoms with E-state index in [1.165, 1.54) is 19.3 Å². The molecule has 1 aliphatic carbocycles. The third kappa shape index (κ3) is 1.28. The highest BCUT2D eigenvalue weighted by Gasteiger charge is 2.45. The standard InChI is InChI=1S/C11H23N/c1-9-6-5-7-11(4,8-12)10(9,2)3/h9H,5-8,12H2,1-4H3. The summed E-state index contributed by atoms with van der Waals surface area (Å²) in [6, 6.07) is 0. The van der Waals surface area contributed by atoms with Crippen LogP contribution in [-0.4, -0.2) is 6.54 Å². The molecule has 0 spiro atoms. The summed E-state index contributed by atoms with van der Waals surface area (Å²) in [5, 5.41) is 0. The molecular weight excluding hydrogens is 146 g/mol. The van der Waals surface area contributed by atoms with Crippen molar-refractivity contribution in [3.8, 4) is 0 Å². The quantitative estimate of drug-likeness (QED) is 0.642. The van der Waals surface area contributed by atoms with Crippen molar-refractivity contribution in [2.45, 2.75) is 47.0 Å². The van der Waals surface area contributed by atoms with Gasteiger partial charge >= 0.3 is 0 Å². The monoisotopic (exact) mass is 169 g/mol. The largest absolute Gasteiger partial charge is 0.330 e. The normalized spacial score (nSPS) is 41.2. The molecule has 0 amide bonds. The molecule has 2 atom stereocenters. The van der Waals surface area contributed by atoms with Crippen LogP contribution in [0.3, 0.4) is 0 Å². The molecule has 0 bridgehead atoms. The Morgan fingerprint density at radius 1 is 1.33 bits per heavy atom. The molecule has 2 unspecified atom stereocenters. The van der Waals surface area contributed by atoms with Crippen molar-refractivity contribution >= 4 is 0 Å². The Bertz CT molecular complexity index is 160. The van der Waals surface area contributed by atoms with E-state index < -0.39 is 0 Å². The molecule has 1 aliphatic rings. The maximum atomic E-state index is 5.88. The molecule has 12 heavy (non-hydrogen) atoms. The molecule has 0 aromatic rings. The molecule has 0 saturated heterocycles. The van der Waals surface area contributed by atoms with Gasteiger partial charge in [0, 0.05) is 0 Å². The van der Waals surface area contributed by atoms with Gasteiger partial charge in [-0.1, -0.05) is 40.5 Å². The highest BCUT2D eigenvalue weighted by molar-refractivity contribution is 4.96. The second-order valence-electron chi connectivity index (χ2n) is 5.28. The second kappa shape index (κ2) is 3.02. The smallest absolute Gasteiger partial charge is 0.00180 e. The molecule has 1 saturated carbocycles. The van der Waals surface area contributed by atoms with Crippen LogP contribution in [0.5, 0.6) is 0 Å². The van der Waals surface area contributed by atoms with Crippen LogP contribution in [0.25, 0.3) is 0 Å². The van der Waals surface area contributed by atoms with E-state index in [0.717, 1.165) is 12.5 Å². The van der Waals surface area contributed by atoms with Crippen LogP contribution < -0.4 is 5.73 Å². The summed E-state index contributed by atoms with van der Waals surface area (Å²) < 4.78 is 0. The minimum absolute atomic E-state index is 0.366. The molecular formula is C11H23N. The number of rotatable bonds is 1. The first-order valence-corrected chi connectivity index (χ1v) is 5.14. The molecule has 0 aromatic carbocycles. The molecule has 1 nitrogen and oxygen atoms in total. The Kier molecular flexibility index (Phi) is 2.53. The summed E-state index contributed by atoms with van der Waals surface area (Å²) >= 11 is 0. The van der Waals surface area contributed by atoms with E-state index in [9.17, 15) is 0 Å². The van der Waals surface area contributed by atoms with Crippen molar-refractivity contribution in [1.29, 1.82) is 0 Å². The summed E-state index contributed by atoms with van der Waals surface area (Å²) in [5.41, 5.74) is 6.66. The van der Waals surface area contributed by atoms with E-state index in [4.69, 9.17) is 5.73 Å². The fourth-order valence-corrected chi connectivity index (χ4v) is 2.44. The fourth-order valence-electron chi connectivity index (χ4n) is 2.44. The van der Waals surface area contributed by atoms with Gasteiger partial charge in [-0.3, -0.25) is 0 Å². The van der Waals surface area contributed by atoms with Crippen LogP contribution in [-0.2, 0) is 0 Å². The zero-order valence-electron chi connectivity index (χ0n) is 8.98. The lowest BCUT2D eigenvalue weighted by Crippen LogP contribution is -2.47. The topological polar surface area (TPSA) is 26.0 Å². The van der Waals surface area contributed by atoms with Gasteiger partial charge in [0.1, 0.15) is 0 Å². The number of hydrogen-bond donors (Lipinski definition) is 1. The van der Waals surface area contributed by atoms with Gasteiger partial charge in [-0.05, 0) is 29.7 Å². The number of hydrogen-bond acceptors (Lipinski definition) is 1. The first-order valence-electron chi connectivity index (χ1n) is 5.14. The van der Waals surface area contributed by atoms with Crippen LogP contribution in [0.2, 0.25) is 0 Å². The van der Waals surface area contributed by atoms with Crippen LogP contribution in [0.15, 0.2) is 0 Å². The summed E-state index contributed by atoms with van der Waals surface area (Å²) in [6.07, 6.45) is 4.04.